The molecule has 3 heteroatoms. The van der Waals surface area contributed by atoms with Crippen LogP contribution >= 0.6 is 0 Å². The number of rotatable bonds is 2. The van der Waals surface area contributed by atoms with Gasteiger partial charge in [-0.1, -0.05) is 30.3 Å². The predicted molar refractivity (Wildman–Crippen MR) is 60.7 cm³/mol. The second-order valence-corrected chi connectivity index (χ2v) is 4.66. The number of hydrogen-bond acceptors (Lipinski definition) is 1. The highest BCUT2D eigenvalue weighted by Gasteiger charge is 2.42. The van der Waals surface area contributed by atoms with Gasteiger partial charge in [-0.3, -0.25) is 0 Å². The van der Waals surface area contributed by atoms with Crippen LogP contribution in [0.15, 0.2) is 30.3 Å². The van der Waals surface area contributed by atoms with Crippen molar-refractivity contribution in [2.75, 3.05) is 20.1 Å². The molecule has 1 fully saturated rings. The van der Waals surface area contributed by atoms with E-state index in [0.717, 1.165) is 5.56 Å². The van der Waals surface area contributed by atoms with E-state index in [1.54, 1.807) is 0 Å². The van der Waals surface area contributed by atoms with E-state index in [-0.39, 0.29) is 6.42 Å². The first-order valence-corrected chi connectivity index (χ1v) is 5.68. The molecule has 0 saturated carbocycles. The molecule has 0 radical (unpaired) electrons. The fraction of sp³-hybridized carbons (Fsp3) is 0.538. The van der Waals surface area contributed by atoms with Crippen molar-refractivity contribution in [3.63, 3.8) is 0 Å². The zero-order valence-corrected chi connectivity index (χ0v) is 9.50. The third-order valence-electron chi connectivity index (χ3n) is 3.28. The lowest BCUT2D eigenvalue weighted by Gasteiger charge is -2.36. The molecule has 1 nitrogen and oxygen atoms in total. The van der Waals surface area contributed by atoms with Crippen molar-refractivity contribution < 1.29 is 8.78 Å². The number of piperidine rings is 1. The lowest BCUT2D eigenvalue weighted by Crippen LogP contribution is -2.46. The van der Waals surface area contributed by atoms with Gasteiger partial charge in [0.15, 0.2) is 0 Å². The lowest BCUT2D eigenvalue weighted by molar-refractivity contribution is -0.101. The maximum atomic E-state index is 13.7. The second-order valence-electron chi connectivity index (χ2n) is 4.66. The van der Waals surface area contributed by atoms with Crippen LogP contribution in [0.1, 0.15) is 12.0 Å². The minimum absolute atomic E-state index is 0.0129. The fourth-order valence-electron chi connectivity index (χ4n) is 2.26. The Morgan fingerprint density at radius 3 is 2.69 bits per heavy atom. The molecule has 1 saturated heterocycles. The van der Waals surface area contributed by atoms with E-state index in [0.29, 0.717) is 19.5 Å². The number of nitrogens with zero attached hydrogens (tertiary/aromatic N) is 1. The van der Waals surface area contributed by atoms with Gasteiger partial charge in [-0.25, -0.2) is 8.78 Å². The first kappa shape index (κ1) is 11.5. The molecule has 0 bridgehead atoms. The Labute approximate surface area is 95.1 Å². The number of hydrogen-bond donors (Lipinski definition) is 0. The fourth-order valence-corrected chi connectivity index (χ4v) is 2.26. The van der Waals surface area contributed by atoms with Crippen molar-refractivity contribution in [2.24, 2.45) is 5.92 Å². The maximum absolute atomic E-state index is 13.7. The minimum atomic E-state index is -2.51. The number of likely N-dealkylation sites (tertiary alicyclic amines) is 1. The van der Waals surface area contributed by atoms with Gasteiger partial charge >= 0.3 is 0 Å². The van der Waals surface area contributed by atoms with E-state index in [9.17, 15) is 8.78 Å². The standard InChI is InChI=1S/C13H17F2N/c1-16-8-7-13(14,15)12(10-16)9-11-5-3-2-4-6-11/h2-6,12H,7-10H2,1H3. The molecular formula is C13H17F2N. The second kappa shape index (κ2) is 4.50. The quantitative estimate of drug-likeness (QED) is 0.748. The van der Waals surface area contributed by atoms with E-state index in [1.165, 1.54) is 0 Å². The summed E-state index contributed by atoms with van der Waals surface area (Å²) in [7, 11) is 1.91. The Balaban J connectivity index is 2.07. The van der Waals surface area contributed by atoms with Gasteiger partial charge in [-0.15, -0.1) is 0 Å². The molecule has 0 amide bonds. The average Bonchev–Trinajstić information content (AvgIpc) is 2.26. The summed E-state index contributed by atoms with van der Waals surface area (Å²) in [6, 6.07) is 9.56. The van der Waals surface area contributed by atoms with Gasteiger partial charge in [0.05, 0.1) is 0 Å². The molecule has 0 spiro atoms. The van der Waals surface area contributed by atoms with Crippen molar-refractivity contribution in [3.8, 4) is 0 Å². The van der Waals surface area contributed by atoms with Crippen LogP contribution in [0.5, 0.6) is 0 Å². The lowest BCUT2D eigenvalue weighted by atomic mass is 9.88. The van der Waals surface area contributed by atoms with Crippen LogP contribution in [0.25, 0.3) is 0 Å². The van der Waals surface area contributed by atoms with E-state index in [4.69, 9.17) is 0 Å². The smallest absolute Gasteiger partial charge is 0.253 e. The van der Waals surface area contributed by atoms with Crippen LogP contribution in [0, 0.1) is 5.92 Å². The first-order chi connectivity index (χ1) is 7.58. The van der Waals surface area contributed by atoms with Crippen molar-refractivity contribution in [1.82, 2.24) is 4.90 Å². The van der Waals surface area contributed by atoms with E-state index >= 15 is 0 Å². The molecule has 2 rings (SSSR count). The Kier molecular flexibility index (Phi) is 3.24. The molecule has 16 heavy (non-hydrogen) atoms. The Hall–Kier alpha value is -0.960. The van der Waals surface area contributed by atoms with Crippen molar-refractivity contribution in [3.05, 3.63) is 35.9 Å². The van der Waals surface area contributed by atoms with E-state index in [2.05, 4.69) is 0 Å². The van der Waals surface area contributed by atoms with Crippen LogP contribution < -0.4 is 0 Å². The van der Waals surface area contributed by atoms with Gasteiger partial charge in [0, 0.05) is 25.4 Å². The van der Waals surface area contributed by atoms with Gasteiger partial charge in [0.1, 0.15) is 0 Å². The molecule has 88 valence electrons. The highest BCUT2D eigenvalue weighted by molar-refractivity contribution is 5.16. The third-order valence-corrected chi connectivity index (χ3v) is 3.28. The summed E-state index contributed by atoms with van der Waals surface area (Å²) in [4.78, 5) is 1.99. The summed E-state index contributed by atoms with van der Waals surface area (Å²) >= 11 is 0. The summed E-state index contributed by atoms with van der Waals surface area (Å²) in [5.41, 5.74) is 1.00. The van der Waals surface area contributed by atoms with Crippen LogP contribution in [0.3, 0.4) is 0 Å². The van der Waals surface area contributed by atoms with E-state index < -0.39 is 11.8 Å². The molecule has 1 aromatic carbocycles. The zero-order valence-electron chi connectivity index (χ0n) is 9.50. The summed E-state index contributed by atoms with van der Waals surface area (Å²) in [6.45, 7) is 0.986. The number of alkyl halides is 2. The minimum Gasteiger partial charge on any atom is -0.306 e. The molecular weight excluding hydrogens is 208 g/mol. The van der Waals surface area contributed by atoms with Crippen molar-refractivity contribution in [1.29, 1.82) is 0 Å². The van der Waals surface area contributed by atoms with Gasteiger partial charge in [-0.2, -0.15) is 0 Å². The highest BCUT2D eigenvalue weighted by atomic mass is 19.3. The van der Waals surface area contributed by atoms with Crippen LogP contribution in [-0.4, -0.2) is 31.0 Å². The van der Waals surface area contributed by atoms with Crippen LogP contribution in [0.4, 0.5) is 8.78 Å². The summed E-state index contributed by atoms with van der Waals surface area (Å²) in [6.07, 6.45) is 0.458. The number of benzene rings is 1. The first-order valence-electron chi connectivity index (χ1n) is 5.68. The average molecular weight is 225 g/mol. The normalized spacial score (nSPS) is 25.6. The summed E-state index contributed by atoms with van der Waals surface area (Å²) in [5, 5.41) is 0. The number of halogens is 2. The van der Waals surface area contributed by atoms with Gasteiger partial charge in [0.25, 0.3) is 5.92 Å². The molecule has 1 heterocycles. The van der Waals surface area contributed by atoms with Gasteiger partial charge in [0.2, 0.25) is 0 Å². The predicted octanol–water partition coefficient (Wildman–Crippen LogP) is 2.82. The molecule has 1 unspecified atom stereocenters. The van der Waals surface area contributed by atoms with Crippen LogP contribution in [0.2, 0.25) is 0 Å². The highest BCUT2D eigenvalue weighted by Crippen LogP contribution is 2.34. The summed E-state index contributed by atoms with van der Waals surface area (Å²) < 4.78 is 27.4. The topological polar surface area (TPSA) is 3.24 Å². The molecule has 0 aromatic heterocycles. The molecule has 0 N–H and O–H groups in total. The Morgan fingerprint density at radius 2 is 2.00 bits per heavy atom. The molecule has 1 aliphatic heterocycles. The molecule has 1 aliphatic rings. The molecule has 1 aromatic rings. The van der Waals surface area contributed by atoms with Crippen LogP contribution in [-0.2, 0) is 6.42 Å². The SMILES string of the molecule is CN1CCC(F)(F)C(Cc2ccccc2)C1. The maximum Gasteiger partial charge on any atom is 0.253 e. The molecule has 1 atom stereocenters. The van der Waals surface area contributed by atoms with Gasteiger partial charge < -0.3 is 4.90 Å². The van der Waals surface area contributed by atoms with Crippen molar-refractivity contribution in [2.45, 2.75) is 18.8 Å². The molecule has 0 aliphatic carbocycles. The third kappa shape index (κ3) is 2.59. The Morgan fingerprint density at radius 1 is 1.31 bits per heavy atom. The monoisotopic (exact) mass is 225 g/mol. The Bertz CT molecular complexity index is 337. The zero-order chi connectivity index (χ0) is 11.6. The van der Waals surface area contributed by atoms with E-state index in [1.807, 2.05) is 42.3 Å². The van der Waals surface area contributed by atoms with Gasteiger partial charge in [-0.05, 0) is 19.0 Å². The van der Waals surface area contributed by atoms with Crippen molar-refractivity contribution >= 4 is 0 Å². The summed E-state index contributed by atoms with van der Waals surface area (Å²) in [5.74, 6) is -3.06. The largest absolute Gasteiger partial charge is 0.306 e.